The van der Waals surface area contributed by atoms with Crippen LogP contribution in [0, 0.1) is 90.7 Å². The molecule has 0 bridgehead atoms. The first-order valence-corrected chi connectivity index (χ1v) is 29.7. The van der Waals surface area contributed by atoms with Gasteiger partial charge in [-0.05, 0) is 256 Å². The summed E-state index contributed by atoms with van der Waals surface area (Å²) in [5, 5.41) is 14.3. The summed E-state index contributed by atoms with van der Waals surface area (Å²) >= 11 is 0. The summed E-state index contributed by atoms with van der Waals surface area (Å²) < 4.78 is 0. The second kappa shape index (κ2) is 17.4. The Bertz CT molecular complexity index is 2020. The summed E-state index contributed by atoms with van der Waals surface area (Å²) in [6.07, 6.45) is 48.9. The molecule has 1 saturated heterocycles. The number of aromatic nitrogens is 1. The molecule has 2 heterocycles. The average Bonchev–Trinajstić information content (AvgIpc) is 3.97. The Kier molecular flexibility index (Phi) is 12.4. The Labute approximate surface area is 411 Å². The number of nitrogens with zero attached hydrogens (tertiary/aromatic N) is 1. The number of allylic oxidation sites excluding steroid dienone is 3. The minimum absolute atomic E-state index is 0.130. The lowest BCUT2D eigenvalue weighted by molar-refractivity contribution is -0.140. The molecule has 12 aliphatic rings. The Balaban J connectivity index is 0.000000113. The molecule has 0 amide bonds. The van der Waals surface area contributed by atoms with E-state index in [0.29, 0.717) is 22.2 Å². The fraction of sp³-hybridized carbons (Fsp3) is 0.859. The summed E-state index contributed by atoms with van der Waals surface area (Å²) in [6.45, 7) is 22.1. The molecule has 18 atom stereocenters. The Morgan fingerprint density at radius 1 is 0.567 bits per heavy atom. The lowest BCUT2D eigenvalue weighted by Crippen LogP contribution is -2.60. The highest BCUT2D eigenvalue weighted by Gasteiger charge is 2.67. The van der Waals surface area contributed by atoms with Gasteiger partial charge in [0.2, 0.25) is 0 Å². The van der Waals surface area contributed by atoms with Crippen molar-refractivity contribution >= 4 is 5.57 Å². The SMILES string of the molecule is C[C@@]12CCCC1C1CCC3CCCC[C@]3(C)C1CC2.C[C@@]12CCCC1C1CCNC3CCCC[C@]3(C)C1CC2.C[C@]12CC[C@H](O)CC1=CC[C@@H]1[C@]2(C)CC[C@]2(C)C(c3cccnc3)=CC[C@@]12C. The van der Waals surface area contributed by atoms with Crippen molar-refractivity contribution in [1.29, 1.82) is 0 Å². The molecule has 1 aromatic heterocycles. The van der Waals surface area contributed by atoms with Crippen molar-refractivity contribution in [3.8, 4) is 0 Å². The normalized spacial score (nSPS) is 52.6. The summed E-state index contributed by atoms with van der Waals surface area (Å²) in [4.78, 5) is 4.41. The van der Waals surface area contributed by atoms with Crippen molar-refractivity contribution in [2.45, 2.75) is 247 Å². The maximum atomic E-state index is 10.3. The molecule has 0 radical (unpaired) electrons. The summed E-state index contributed by atoms with van der Waals surface area (Å²) in [6, 6.07) is 5.15. The van der Waals surface area contributed by atoms with Crippen LogP contribution in [-0.2, 0) is 0 Å². The van der Waals surface area contributed by atoms with Gasteiger partial charge in [-0.1, -0.05) is 118 Å². The minimum atomic E-state index is -0.130. The molecule has 0 spiro atoms. The van der Waals surface area contributed by atoms with Crippen molar-refractivity contribution < 1.29 is 5.11 Å². The van der Waals surface area contributed by atoms with Crippen LogP contribution >= 0.6 is 0 Å². The van der Waals surface area contributed by atoms with Crippen LogP contribution in [0.15, 0.2) is 42.3 Å². The monoisotopic (exact) mass is 913 g/mol. The molecule has 67 heavy (non-hydrogen) atoms. The summed E-state index contributed by atoms with van der Waals surface area (Å²) in [7, 11) is 0. The molecule has 8 unspecified atom stereocenters. The molecule has 372 valence electrons. The minimum Gasteiger partial charge on any atom is -0.393 e. The van der Waals surface area contributed by atoms with Crippen LogP contribution < -0.4 is 5.32 Å². The lowest BCUT2D eigenvalue weighted by atomic mass is 9.37. The molecule has 3 nitrogen and oxygen atoms in total. The van der Waals surface area contributed by atoms with E-state index < -0.39 is 0 Å². The van der Waals surface area contributed by atoms with E-state index >= 15 is 0 Å². The van der Waals surface area contributed by atoms with Crippen LogP contribution in [0.3, 0.4) is 0 Å². The molecule has 1 aliphatic heterocycles. The van der Waals surface area contributed by atoms with Gasteiger partial charge in [0.25, 0.3) is 0 Å². The molecule has 10 fully saturated rings. The van der Waals surface area contributed by atoms with Crippen LogP contribution in [0.2, 0.25) is 0 Å². The van der Waals surface area contributed by atoms with Gasteiger partial charge >= 0.3 is 0 Å². The smallest absolute Gasteiger partial charge is 0.0577 e. The number of aliphatic hydroxyl groups excluding tert-OH is 1. The number of hydrogen-bond donors (Lipinski definition) is 2. The van der Waals surface area contributed by atoms with E-state index in [9.17, 15) is 5.11 Å². The summed E-state index contributed by atoms with van der Waals surface area (Å²) in [5.74, 6) is 8.21. The lowest BCUT2D eigenvalue weighted by Gasteiger charge is -2.67. The second-order valence-corrected chi connectivity index (χ2v) is 29.0. The number of pyridine rings is 1. The van der Waals surface area contributed by atoms with Crippen molar-refractivity contribution in [2.24, 2.45) is 90.7 Å². The molecular formula is C64H100N2O. The van der Waals surface area contributed by atoms with E-state index in [2.05, 4.69) is 96.2 Å². The first-order chi connectivity index (χ1) is 32.0. The fourth-order valence-corrected chi connectivity index (χ4v) is 22.3. The van der Waals surface area contributed by atoms with Crippen molar-refractivity contribution in [3.63, 3.8) is 0 Å². The van der Waals surface area contributed by atoms with E-state index in [4.69, 9.17) is 0 Å². The van der Waals surface area contributed by atoms with E-state index in [-0.39, 0.29) is 22.3 Å². The van der Waals surface area contributed by atoms with Crippen LogP contribution in [0.5, 0.6) is 0 Å². The number of aliphatic hydroxyl groups is 1. The maximum absolute atomic E-state index is 10.3. The zero-order valence-electron chi connectivity index (χ0n) is 44.6. The van der Waals surface area contributed by atoms with Crippen LogP contribution in [0.25, 0.3) is 5.57 Å². The van der Waals surface area contributed by atoms with Gasteiger partial charge in [-0.25, -0.2) is 0 Å². The van der Waals surface area contributed by atoms with E-state index in [1.54, 1.807) is 63.4 Å². The highest BCUT2D eigenvalue weighted by atomic mass is 16.3. The number of nitrogens with one attached hydrogen (secondary N) is 1. The van der Waals surface area contributed by atoms with Gasteiger partial charge in [-0.2, -0.15) is 0 Å². The van der Waals surface area contributed by atoms with Gasteiger partial charge in [0.1, 0.15) is 0 Å². The average molecular weight is 914 g/mol. The highest BCUT2D eigenvalue weighted by molar-refractivity contribution is 5.73. The summed E-state index contributed by atoms with van der Waals surface area (Å²) in [5.41, 5.74) is 8.29. The van der Waals surface area contributed by atoms with Crippen LogP contribution in [-0.4, -0.2) is 28.8 Å². The topological polar surface area (TPSA) is 45.1 Å². The van der Waals surface area contributed by atoms with Gasteiger partial charge in [-0.3, -0.25) is 4.98 Å². The molecule has 1 aromatic rings. The standard InChI is InChI=1S/C26H35NO.C19H33N.C19H32/c1-23-11-9-20(28)16-19(23)7-8-22-25(3)12-10-21(18-6-5-15-27-17-18)24(25,2)13-14-26(22,23)4;1-18-10-5-6-15(18)14-9-13-20-17-7-3-4-11-19(17,2)16(14)8-12-18;1-18-11-5-7-16(18)15-9-8-14-6-3-4-12-19(14,2)17(15)10-13-18/h5-7,10,15,17,20,22,28H,8-9,11-14,16H2,1-4H3;14-17,20H,3-13H2,1-2H3;14-17H,3-13H2,1-2H3/t20-,22-,23-,24+,25-,26-;14?,15?,16?,17?,18-,19+;14?,15?,16?,17?,18-,19-/m000/s1. The number of hydrogen-bond acceptors (Lipinski definition) is 3. The first-order valence-electron chi connectivity index (χ1n) is 29.7. The largest absolute Gasteiger partial charge is 0.393 e. The molecule has 2 N–H and O–H groups in total. The Hall–Kier alpha value is -1.45. The molecule has 9 saturated carbocycles. The molecule has 11 aliphatic carbocycles. The van der Waals surface area contributed by atoms with E-state index in [1.165, 1.54) is 120 Å². The Morgan fingerprint density at radius 2 is 1.25 bits per heavy atom. The van der Waals surface area contributed by atoms with Gasteiger partial charge in [-0.15, -0.1) is 0 Å². The molecule has 3 heteroatoms. The second-order valence-electron chi connectivity index (χ2n) is 29.0. The zero-order chi connectivity index (χ0) is 46.7. The van der Waals surface area contributed by atoms with Crippen LogP contribution in [0.1, 0.15) is 241 Å². The van der Waals surface area contributed by atoms with E-state index in [1.807, 2.05) is 6.20 Å². The molecular weight excluding hydrogens is 813 g/mol. The third-order valence-electron chi connectivity index (χ3n) is 26.8. The van der Waals surface area contributed by atoms with Crippen molar-refractivity contribution in [3.05, 3.63) is 47.8 Å². The van der Waals surface area contributed by atoms with Gasteiger partial charge < -0.3 is 10.4 Å². The van der Waals surface area contributed by atoms with Crippen molar-refractivity contribution in [1.82, 2.24) is 10.3 Å². The van der Waals surface area contributed by atoms with E-state index in [0.717, 1.165) is 77.6 Å². The quantitative estimate of drug-likeness (QED) is 0.276. The predicted molar refractivity (Wildman–Crippen MR) is 280 cm³/mol. The zero-order valence-corrected chi connectivity index (χ0v) is 44.6. The third-order valence-corrected chi connectivity index (χ3v) is 26.8. The number of rotatable bonds is 1. The number of fused-ring (bicyclic) bond motifs is 15. The first kappa shape index (κ1) is 47.9. The molecule has 13 rings (SSSR count). The third kappa shape index (κ3) is 7.34. The van der Waals surface area contributed by atoms with Gasteiger partial charge in [0.15, 0.2) is 0 Å². The fourth-order valence-electron chi connectivity index (χ4n) is 22.3. The highest BCUT2D eigenvalue weighted by Crippen LogP contribution is 2.76. The van der Waals surface area contributed by atoms with Crippen LogP contribution in [0.4, 0.5) is 0 Å². The van der Waals surface area contributed by atoms with Gasteiger partial charge in [0.05, 0.1) is 6.10 Å². The van der Waals surface area contributed by atoms with Crippen molar-refractivity contribution in [2.75, 3.05) is 6.54 Å². The molecule has 0 aromatic carbocycles. The Morgan fingerprint density at radius 3 is 1.97 bits per heavy atom. The van der Waals surface area contributed by atoms with Gasteiger partial charge in [0, 0.05) is 18.4 Å². The predicted octanol–water partition coefficient (Wildman–Crippen LogP) is 16.7. The maximum Gasteiger partial charge on any atom is 0.0577 e.